The van der Waals surface area contributed by atoms with Gasteiger partial charge in [-0.25, -0.2) is 0 Å². The summed E-state index contributed by atoms with van der Waals surface area (Å²) >= 11 is 0. The van der Waals surface area contributed by atoms with E-state index in [-0.39, 0.29) is 6.10 Å². The first kappa shape index (κ1) is 10.2. The summed E-state index contributed by atoms with van der Waals surface area (Å²) < 4.78 is 0. The summed E-state index contributed by atoms with van der Waals surface area (Å²) in [4.78, 5) is 0. The Morgan fingerprint density at radius 3 is 2.45 bits per heavy atom. The van der Waals surface area contributed by atoms with Crippen LogP contribution in [-0.2, 0) is 0 Å². The van der Waals surface area contributed by atoms with Crippen LogP contribution in [0.2, 0.25) is 0 Å². The lowest BCUT2D eigenvalue weighted by Crippen LogP contribution is -2.00. The van der Waals surface area contributed by atoms with Gasteiger partial charge < -0.3 is 10.2 Å². The second-order valence-corrected chi connectivity index (χ2v) is 2.82. The van der Waals surface area contributed by atoms with E-state index < -0.39 is 0 Å². The van der Waals surface area contributed by atoms with Crippen molar-refractivity contribution in [3.05, 3.63) is 24.0 Å². The van der Waals surface area contributed by atoms with Gasteiger partial charge in [0.15, 0.2) is 0 Å². The zero-order valence-electron chi connectivity index (χ0n) is 7.17. The first-order valence-corrected chi connectivity index (χ1v) is 3.75. The predicted octanol–water partition coefficient (Wildman–Crippen LogP) is 2.17. The molecule has 0 aromatic heterocycles. The van der Waals surface area contributed by atoms with Gasteiger partial charge in [0.05, 0.1) is 12.4 Å². The van der Waals surface area contributed by atoms with E-state index in [9.17, 15) is 0 Å². The van der Waals surface area contributed by atoms with Crippen molar-refractivity contribution in [1.82, 2.24) is 0 Å². The standard InChI is InChI=1S/C9H16O2/c1-7(2)9(6-10)5-4-8(3)11/h6,8,10-11H,1,4-5H2,2-3H3. The molecule has 0 saturated heterocycles. The Kier molecular flexibility index (Phi) is 4.62. The van der Waals surface area contributed by atoms with Gasteiger partial charge >= 0.3 is 0 Å². The third-order valence-electron chi connectivity index (χ3n) is 1.54. The fraction of sp³-hybridized carbons (Fsp3) is 0.556. The van der Waals surface area contributed by atoms with Gasteiger partial charge in [-0.2, -0.15) is 0 Å². The molecule has 0 aliphatic carbocycles. The summed E-state index contributed by atoms with van der Waals surface area (Å²) in [5.41, 5.74) is 1.67. The summed E-state index contributed by atoms with van der Waals surface area (Å²) in [5, 5.41) is 17.6. The minimum absolute atomic E-state index is 0.315. The van der Waals surface area contributed by atoms with Crippen molar-refractivity contribution in [2.24, 2.45) is 0 Å². The molecule has 2 heteroatoms. The maximum Gasteiger partial charge on any atom is 0.0826 e. The van der Waals surface area contributed by atoms with Gasteiger partial charge in [0.25, 0.3) is 0 Å². The molecular formula is C9H16O2. The maximum atomic E-state index is 8.94. The average molecular weight is 156 g/mol. The van der Waals surface area contributed by atoms with Crippen molar-refractivity contribution < 1.29 is 10.2 Å². The lowest BCUT2D eigenvalue weighted by atomic mass is 10.0. The monoisotopic (exact) mass is 156 g/mol. The first-order chi connectivity index (χ1) is 5.07. The number of allylic oxidation sites excluding steroid dienone is 2. The molecule has 1 unspecified atom stereocenters. The second-order valence-electron chi connectivity index (χ2n) is 2.82. The number of hydrogen-bond donors (Lipinski definition) is 2. The quantitative estimate of drug-likeness (QED) is 0.483. The summed E-state index contributed by atoms with van der Waals surface area (Å²) in [6.07, 6.45) is 2.09. The fourth-order valence-corrected chi connectivity index (χ4v) is 0.753. The molecule has 0 saturated carbocycles. The van der Waals surface area contributed by atoms with E-state index in [0.29, 0.717) is 12.8 Å². The van der Waals surface area contributed by atoms with Crippen molar-refractivity contribution in [2.45, 2.75) is 32.8 Å². The van der Waals surface area contributed by atoms with E-state index in [1.165, 1.54) is 0 Å². The van der Waals surface area contributed by atoms with Crippen LogP contribution in [0.5, 0.6) is 0 Å². The molecular weight excluding hydrogens is 140 g/mol. The predicted molar refractivity (Wildman–Crippen MR) is 46.4 cm³/mol. The third-order valence-corrected chi connectivity index (χ3v) is 1.54. The van der Waals surface area contributed by atoms with E-state index in [2.05, 4.69) is 6.58 Å². The van der Waals surface area contributed by atoms with Crippen molar-refractivity contribution in [3.63, 3.8) is 0 Å². The Balaban J connectivity index is 3.82. The van der Waals surface area contributed by atoms with Crippen LogP contribution in [0.3, 0.4) is 0 Å². The van der Waals surface area contributed by atoms with Gasteiger partial charge in [-0.3, -0.25) is 0 Å². The molecule has 0 bridgehead atoms. The van der Waals surface area contributed by atoms with Crippen LogP contribution in [0.25, 0.3) is 0 Å². The highest BCUT2D eigenvalue weighted by atomic mass is 16.3. The van der Waals surface area contributed by atoms with Crippen LogP contribution in [0.1, 0.15) is 26.7 Å². The Labute approximate surface area is 67.9 Å². The number of rotatable bonds is 4. The Morgan fingerprint density at radius 1 is 1.64 bits per heavy atom. The summed E-state index contributed by atoms with van der Waals surface area (Å²) in [6.45, 7) is 7.26. The van der Waals surface area contributed by atoms with Gasteiger partial charge in [-0.1, -0.05) is 12.2 Å². The molecule has 0 spiro atoms. The highest BCUT2D eigenvalue weighted by Crippen LogP contribution is 2.13. The van der Waals surface area contributed by atoms with Crippen molar-refractivity contribution in [3.8, 4) is 0 Å². The van der Waals surface area contributed by atoms with Crippen molar-refractivity contribution in [2.75, 3.05) is 0 Å². The topological polar surface area (TPSA) is 40.5 Å². The Bertz CT molecular complexity index is 157. The number of hydrogen-bond acceptors (Lipinski definition) is 2. The van der Waals surface area contributed by atoms with E-state index in [0.717, 1.165) is 17.4 Å². The Morgan fingerprint density at radius 2 is 2.18 bits per heavy atom. The highest BCUT2D eigenvalue weighted by molar-refractivity contribution is 5.23. The highest BCUT2D eigenvalue weighted by Gasteiger charge is 2.01. The van der Waals surface area contributed by atoms with Crippen LogP contribution < -0.4 is 0 Å². The van der Waals surface area contributed by atoms with Gasteiger partial charge in [0, 0.05) is 0 Å². The molecule has 1 atom stereocenters. The van der Waals surface area contributed by atoms with Gasteiger partial charge in [0.1, 0.15) is 0 Å². The maximum absolute atomic E-state index is 8.94. The minimum Gasteiger partial charge on any atom is -0.515 e. The zero-order chi connectivity index (χ0) is 8.85. The molecule has 64 valence electrons. The van der Waals surface area contributed by atoms with Crippen molar-refractivity contribution in [1.29, 1.82) is 0 Å². The van der Waals surface area contributed by atoms with E-state index in [4.69, 9.17) is 10.2 Å². The average Bonchev–Trinajstić information content (AvgIpc) is 1.87. The summed E-state index contributed by atoms with van der Waals surface area (Å²) in [6, 6.07) is 0. The van der Waals surface area contributed by atoms with E-state index in [1.54, 1.807) is 6.92 Å². The fourth-order valence-electron chi connectivity index (χ4n) is 0.753. The molecule has 0 aromatic rings. The number of aliphatic hydroxyl groups excluding tert-OH is 2. The second kappa shape index (κ2) is 4.97. The molecule has 0 aromatic carbocycles. The van der Waals surface area contributed by atoms with Crippen LogP contribution in [0, 0.1) is 0 Å². The van der Waals surface area contributed by atoms with Crippen LogP contribution >= 0.6 is 0 Å². The van der Waals surface area contributed by atoms with E-state index in [1.807, 2.05) is 6.92 Å². The van der Waals surface area contributed by atoms with Gasteiger partial charge in [-0.15, -0.1) is 0 Å². The SMILES string of the molecule is C=C(C)C(=CO)CCC(C)O. The summed E-state index contributed by atoms with van der Waals surface area (Å²) in [7, 11) is 0. The van der Waals surface area contributed by atoms with Crippen LogP contribution in [0.15, 0.2) is 24.0 Å². The van der Waals surface area contributed by atoms with E-state index >= 15 is 0 Å². The molecule has 0 rings (SSSR count). The molecule has 0 radical (unpaired) electrons. The largest absolute Gasteiger partial charge is 0.515 e. The lowest BCUT2D eigenvalue weighted by molar-refractivity contribution is 0.185. The van der Waals surface area contributed by atoms with Gasteiger partial charge in [0.2, 0.25) is 0 Å². The van der Waals surface area contributed by atoms with Gasteiger partial charge in [-0.05, 0) is 32.3 Å². The third kappa shape index (κ3) is 4.62. The molecule has 0 aliphatic heterocycles. The molecule has 0 amide bonds. The molecule has 2 N–H and O–H groups in total. The lowest BCUT2D eigenvalue weighted by Gasteiger charge is -2.06. The van der Waals surface area contributed by atoms with Crippen molar-refractivity contribution >= 4 is 0 Å². The Hall–Kier alpha value is -0.760. The van der Waals surface area contributed by atoms with Crippen LogP contribution in [-0.4, -0.2) is 16.3 Å². The molecule has 0 heterocycles. The molecule has 2 nitrogen and oxygen atoms in total. The normalized spacial score (nSPS) is 14.6. The minimum atomic E-state index is -0.315. The molecule has 11 heavy (non-hydrogen) atoms. The molecule has 0 fully saturated rings. The molecule has 0 aliphatic rings. The summed E-state index contributed by atoms with van der Waals surface area (Å²) in [5.74, 6) is 0. The smallest absolute Gasteiger partial charge is 0.0826 e. The number of aliphatic hydroxyl groups is 2. The van der Waals surface area contributed by atoms with Crippen LogP contribution in [0.4, 0.5) is 0 Å². The first-order valence-electron chi connectivity index (χ1n) is 3.75. The zero-order valence-corrected chi connectivity index (χ0v) is 7.17.